The SMILES string of the molecule is O=CCC(=O)Oc1cccc2ccccc12. The summed E-state index contributed by atoms with van der Waals surface area (Å²) in [6.07, 6.45) is 0.316. The lowest BCUT2D eigenvalue weighted by molar-refractivity contribution is -0.135. The van der Waals surface area contributed by atoms with E-state index in [1.807, 2.05) is 36.4 Å². The summed E-state index contributed by atoms with van der Waals surface area (Å²) in [7, 11) is 0. The van der Waals surface area contributed by atoms with Gasteiger partial charge in [0, 0.05) is 5.39 Å². The first-order valence-electron chi connectivity index (χ1n) is 4.93. The Bertz CT molecular complexity index is 526. The van der Waals surface area contributed by atoms with Crippen LogP contribution in [0.4, 0.5) is 0 Å². The van der Waals surface area contributed by atoms with E-state index in [1.165, 1.54) is 0 Å². The van der Waals surface area contributed by atoms with Crippen LogP contribution in [0.1, 0.15) is 6.42 Å². The summed E-state index contributed by atoms with van der Waals surface area (Å²) in [5, 5.41) is 1.86. The molecule has 3 heteroatoms. The summed E-state index contributed by atoms with van der Waals surface area (Å²) in [6, 6.07) is 13.1. The second-order valence-corrected chi connectivity index (χ2v) is 3.32. The van der Waals surface area contributed by atoms with Gasteiger partial charge in [0.2, 0.25) is 0 Å². The molecule has 0 spiro atoms. The highest BCUT2D eigenvalue weighted by atomic mass is 16.5. The first-order valence-corrected chi connectivity index (χ1v) is 4.93. The maximum absolute atomic E-state index is 11.2. The predicted octanol–water partition coefficient (Wildman–Crippen LogP) is 2.33. The fraction of sp³-hybridized carbons (Fsp3) is 0.0769. The van der Waals surface area contributed by atoms with Crippen molar-refractivity contribution in [3.8, 4) is 5.75 Å². The first kappa shape index (κ1) is 10.4. The Labute approximate surface area is 92.6 Å². The Kier molecular flexibility index (Phi) is 2.96. The molecule has 0 saturated carbocycles. The third-order valence-electron chi connectivity index (χ3n) is 2.22. The van der Waals surface area contributed by atoms with E-state index < -0.39 is 5.97 Å². The van der Waals surface area contributed by atoms with Crippen LogP contribution < -0.4 is 4.74 Å². The average molecular weight is 214 g/mol. The maximum Gasteiger partial charge on any atom is 0.318 e. The largest absolute Gasteiger partial charge is 0.426 e. The Balaban J connectivity index is 2.37. The molecule has 3 nitrogen and oxygen atoms in total. The third-order valence-corrected chi connectivity index (χ3v) is 2.22. The molecule has 0 aromatic heterocycles. The Morgan fingerprint density at radius 1 is 1.12 bits per heavy atom. The van der Waals surface area contributed by atoms with Gasteiger partial charge in [-0.15, -0.1) is 0 Å². The van der Waals surface area contributed by atoms with Crippen molar-refractivity contribution < 1.29 is 14.3 Å². The predicted molar refractivity (Wildman–Crippen MR) is 60.3 cm³/mol. The molecule has 0 aliphatic heterocycles. The maximum atomic E-state index is 11.2. The third kappa shape index (κ3) is 2.08. The van der Waals surface area contributed by atoms with E-state index in [4.69, 9.17) is 4.74 Å². The highest BCUT2D eigenvalue weighted by Gasteiger charge is 2.06. The molecule has 2 aromatic carbocycles. The highest BCUT2D eigenvalue weighted by Crippen LogP contribution is 2.25. The number of rotatable bonds is 3. The quantitative estimate of drug-likeness (QED) is 0.341. The van der Waals surface area contributed by atoms with Gasteiger partial charge >= 0.3 is 5.97 Å². The fourth-order valence-corrected chi connectivity index (χ4v) is 1.52. The van der Waals surface area contributed by atoms with Crippen molar-refractivity contribution in [3.05, 3.63) is 42.5 Å². The Morgan fingerprint density at radius 2 is 1.88 bits per heavy atom. The molecule has 0 amide bonds. The highest BCUT2D eigenvalue weighted by molar-refractivity contribution is 5.92. The minimum Gasteiger partial charge on any atom is -0.426 e. The van der Waals surface area contributed by atoms with E-state index >= 15 is 0 Å². The molecule has 0 radical (unpaired) electrons. The lowest BCUT2D eigenvalue weighted by Gasteiger charge is -2.05. The smallest absolute Gasteiger partial charge is 0.318 e. The van der Waals surface area contributed by atoms with Gasteiger partial charge in [0.15, 0.2) is 0 Å². The van der Waals surface area contributed by atoms with Crippen molar-refractivity contribution in [3.63, 3.8) is 0 Å². The van der Waals surface area contributed by atoms with Crippen LogP contribution >= 0.6 is 0 Å². The summed E-state index contributed by atoms with van der Waals surface area (Å²) < 4.78 is 5.10. The number of hydrogen-bond acceptors (Lipinski definition) is 3. The van der Waals surface area contributed by atoms with E-state index in [9.17, 15) is 9.59 Å². The molecule has 0 bridgehead atoms. The summed E-state index contributed by atoms with van der Waals surface area (Å²) in [4.78, 5) is 21.4. The standard InChI is InChI=1S/C13H10O3/c14-9-8-13(15)16-12-7-3-5-10-4-1-2-6-11(10)12/h1-7,9H,8H2. The topological polar surface area (TPSA) is 43.4 Å². The van der Waals surface area contributed by atoms with Gasteiger partial charge in [-0.25, -0.2) is 0 Å². The number of hydrogen-bond donors (Lipinski definition) is 0. The molecule has 0 N–H and O–H groups in total. The van der Waals surface area contributed by atoms with Crippen molar-refractivity contribution in [1.82, 2.24) is 0 Å². The van der Waals surface area contributed by atoms with E-state index in [2.05, 4.69) is 0 Å². The van der Waals surface area contributed by atoms with Crippen LogP contribution in [0.25, 0.3) is 10.8 Å². The van der Waals surface area contributed by atoms with Crippen LogP contribution in [0.2, 0.25) is 0 Å². The number of carbonyl (C=O) groups excluding carboxylic acids is 2. The second kappa shape index (κ2) is 4.57. The number of aldehydes is 1. The lowest BCUT2D eigenvalue weighted by Crippen LogP contribution is -2.08. The molecule has 80 valence electrons. The van der Waals surface area contributed by atoms with Gasteiger partial charge in [-0.3, -0.25) is 4.79 Å². The van der Waals surface area contributed by atoms with Crippen molar-refractivity contribution in [2.75, 3.05) is 0 Å². The van der Waals surface area contributed by atoms with Gasteiger partial charge in [0.05, 0.1) is 0 Å². The number of ether oxygens (including phenoxy) is 1. The first-order chi connectivity index (χ1) is 7.81. The van der Waals surface area contributed by atoms with Gasteiger partial charge < -0.3 is 9.53 Å². The number of benzene rings is 2. The molecular formula is C13H10O3. The molecule has 2 aromatic rings. The van der Waals surface area contributed by atoms with Crippen molar-refractivity contribution in [1.29, 1.82) is 0 Å². The van der Waals surface area contributed by atoms with E-state index in [-0.39, 0.29) is 6.42 Å². The Morgan fingerprint density at radius 3 is 2.69 bits per heavy atom. The van der Waals surface area contributed by atoms with Crippen LogP contribution in [0.3, 0.4) is 0 Å². The summed E-state index contributed by atoms with van der Waals surface area (Å²) in [5.41, 5.74) is 0. The van der Waals surface area contributed by atoms with Crippen LogP contribution in [0.15, 0.2) is 42.5 Å². The molecule has 2 rings (SSSR count). The zero-order valence-corrected chi connectivity index (χ0v) is 8.55. The van der Waals surface area contributed by atoms with E-state index in [1.54, 1.807) is 6.07 Å². The Hall–Kier alpha value is -2.16. The number of carbonyl (C=O) groups is 2. The normalized spacial score (nSPS) is 10.0. The molecule has 0 fully saturated rings. The van der Waals surface area contributed by atoms with Crippen LogP contribution in [0, 0.1) is 0 Å². The lowest BCUT2D eigenvalue weighted by atomic mass is 10.1. The summed E-state index contributed by atoms with van der Waals surface area (Å²) in [6.45, 7) is 0. The van der Waals surface area contributed by atoms with Gasteiger partial charge in [0.1, 0.15) is 18.5 Å². The second-order valence-electron chi connectivity index (χ2n) is 3.32. The molecule has 0 unspecified atom stereocenters. The van der Waals surface area contributed by atoms with Crippen LogP contribution in [0.5, 0.6) is 5.75 Å². The van der Waals surface area contributed by atoms with Crippen LogP contribution in [-0.4, -0.2) is 12.3 Å². The van der Waals surface area contributed by atoms with E-state index in [0.717, 1.165) is 10.8 Å². The average Bonchev–Trinajstić information content (AvgIpc) is 2.30. The molecular weight excluding hydrogens is 204 g/mol. The van der Waals surface area contributed by atoms with Gasteiger partial charge in [-0.05, 0) is 11.5 Å². The summed E-state index contributed by atoms with van der Waals surface area (Å²) in [5.74, 6) is -0.0451. The van der Waals surface area contributed by atoms with Gasteiger partial charge in [-0.1, -0.05) is 36.4 Å². The van der Waals surface area contributed by atoms with Crippen molar-refractivity contribution in [2.45, 2.75) is 6.42 Å². The molecule has 0 aliphatic carbocycles. The van der Waals surface area contributed by atoms with Gasteiger partial charge in [-0.2, -0.15) is 0 Å². The van der Waals surface area contributed by atoms with Crippen molar-refractivity contribution in [2.24, 2.45) is 0 Å². The van der Waals surface area contributed by atoms with Gasteiger partial charge in [0.25, 0.3) is 0 Å². The minimum atomic E-state index is -0.536. The molecule has 0 aliphatic rings. The molecule has 0 saturated heterocycles. The summed E-state index contributed by atoms with van der Waals surface area (Å²) >= 11 is 0. The zero-order valence-electron chi connectivity index (χ0n) is 8.55. The molecule has 0 heterocycles. The number of esters is 1. The zero-order chi connectivity index (χ0) is 11.4. The molecule has 16 heavy (non-hydrogen) atoms. The van der Waals surface area contributed by atoms with Crippen LogP contribution in [-0.2, 0) is 9.59 Å². The van der Waals surface area contributed by atoms with Crippen molar-refractivity contribution >= 4 is 23.0 Å². The number of fused-ring (bicyclic) bond motifs is 1. The molecule has 0 atom stereocenters. The minimum absolute atomic E-state index is 0.219. The monoisotopic (exact) mass is 214 g/mol. The fourth-order valence-electron chi connectivity index (χ4n) is 1.52. The van der Waals surface area contributed by atoms with E-state index in [0.29, 0.717) is 12.0 Å².